The number of aromatic nitrogens is 2. The average Bonchev–Trinajstić information content (AvgIpc) is 3.71. The third kappa shape index (κ3) is 4.70. The standard InChI is InChI=1S/C46H35N3S/c1-46(2)37-16-10-9-15-35(37)36-23-20-33(26-38(36)46)45-49-43-41(50-45)24-21-30-17-18-31-25-32(19-22-34(31)42(30)43)44-47-39(28-11-5-3-6-12-28)27-40(48-44)29-13-7-4-8-14-29/h3-27,41,43,45,49H,1-2H3. The summed E-state index contributed by atoms with van der Waals surface area (Å²) in [6.45, 7) is 4.72. The van der Waals surface area contributed by atoms with Crippen LogP contribution in [-0.4, -0.2) is 15.2 Å². The van der Waals surface area contributed by atoms with Crippen LogP contribution in [0.3, 0.4) is 0 Å². The van der Waals surface area contributed by atoms with Crippen molar-refractivity contribution in [2.24, 2.45) is 0 Å². The van der Waals surface area contributed by atoms with Gasteiger partial charge in [0.25, 0.3) is 0 Å². The lowest BCUT2D eigenvalue weighted by Gasteiger charge is -2.25. The van der Waals surface area contributed by atoms with Crippen molar-refractivity contribution in [3.05, 3.63) is 173 Å². The number of nitrogens with zero attached hydrogens (tertiary/aromatic N) is 2. The normalized spacial score (nSPS) is 19.5. The molecule has 6 aromatic carbocycles. The molecule has 3 aliphatic rings. The lowest BCUT2D eigenvalue weighted by atomic mass is 9.82. The first-order chi connectivity index (χ1) is 24.5. The zero-order valence-electron chi connectivity index (χ0n) is 28.0. The van der Waals surface area contributed by atoms with Crippen molar-refractivity contribution in [3.63, 3.8) is 0 Å². The van der Waals surface area contributed by atoms with Crippen molar-refractivity contribution in [2.75, 3.05) is 0 Å². The first-order valence-corrected chi connectivity index (χ1v) is 18.4. The van der Waals surface area contributed by atoms with E-state index in [1.165, 1.54) is 49.7 Å². The summed E-state index contributed by atoms with van der Waals surface area (Å²) < 4.78 is 0. The predicted octanol–water partition coefficient (Wildman–Crippen LogP) is 11.4. The van der Waals surface area contributed by atoms with Gasteiger partial charge in [-0.05, 0) is 61.8 Å². The van der Waals surface area contributed by atoms with E-state index in [1.54, 1.807) is 0 Å². The zero-order chi connectivity index (χ0) is 33.4. The smallest absolute Gasteiger partial charge is 0.160 e. The Morgan fingerprint density at radius 1 is 0.620 bits per heavy atom. The maximum atomic E-state index is 5.10. The van der Waals surface area contributed by atoms with Crippen molar-refractivity contribution in [2.45, 2.75) is 35.9 Å². The van der Waals surface area contributed by atoms with Crippen LogP contribution in [0, 0.1) is 0 Å². The molecule has 1 saturated heterocycles. The number of rotatable bonds is 4. The predicted molar refractivity (Wildman–Crippen MR) is 209 cm³/mol. The molecule has 10 rings (SSSR count). The van der Waals surface area contributed by atoms with Gasteiger partial charge in [0.15, 0.2) is 5.82 Å². The van der Waals surface area contributed by atoms with E-state index in [-0.39, 0.29) is 16.8 Å². The number of hydrogen-bond acceptors (Lipinski definition) is 4. The summed E-state index contributed by atoms with van der Waals surface area (Å²) in [5.41, 5.74) is 14.6. The third-order valence-electron chi connectivity index (χ3n) is 10.9. The Bertz CT molecular complexity index is 2430. The van der Waals surface area contributed by atoms with Crippen LogP contribution in [-0.2, 0) is 5.41 Å². The molecule has 0 spiro atoms. The molecule has 3 atom stereocenters. The molecular formula is C46H35N3S. The molecule has 1 N–H and O–H groups in total. The lowest BCUT2D eigenvalue weighted by Crippen LogP contribution is -2.24. The molecule has 0 radical (unpaired) electrons. The van der Waals surface area contributed by atoms with Gasteiger partial charge in [-0.3, -0.25) is 5.32 Å². The molecule has 50 heavy (non-hydrogen) atoms. The number of thioether (sulfide) groups is 1. The van der Waals surface area contributed by atoms with E-state index in [9.17, 15) is 0 Å². The van der Waals surface area contributed by atoms with E-state index in [1.807, 2.05) is 23.9 Å². The van der Waals surface area contributed by atoms with Crippen LogP contribution >= 0.6 is 11.8 Å². The second-order valence-electron chi connectivity index (χ2n) is 14.2. The fraction of sp³-hybridized carbons (Fsp3) is 0.130. The second kappa shape index (κ2) is 11.4. The van der Waals surface area contributed by atoms with Gasteiger partial charge in [0, 0.05) is 33.4 Å². The molecule has 2 heterocycles. The third-order valence-corrected chi connectivity index (χ3v) is 12.3. The first kappa shape index (κ1) is 29.6. The molecule has 3 nitrogen and oxygen atoms in total. The van der Waals surface area contributed by atoms with Gasteiger partial charge >= 0.3 is 0 Å². The highest BCUT2D eigenvalue weighted by atomic mass is 32.2. The van der Waals surface area contributed by atoms with Gasteiger partial charge in [-0.15, -0.1) is 11.8 Å². The lowest BCUT2D eigenvalue weighted by molar-refractivity contribution is 0.574. The summed E-state index contributed by atoms with van der Waals surface area (Å²) in [6.07, 6.45) is 4.72. The molecule has 1 fully saturated rings. The first-order valence-electron chi connectivity index (χ1n) is 17.4. The summed E-state index contributed by atoms with van der Waals surface area (Å²) in [5, 5.41) is 7.14. The van der Waals surface area contributed by atoms with Gasteiger partial charge in [-0.25, -0.2) is 9.97 Å². The van der Waals surface area contributed by atoms with Gasteiger partial charge < -0.3 is 0 Å². The highest BCUT2D eigenvalue weighted by molar-refractivity contribution is 8.00. The van der Waals surface area contributed by atoms with Gasteiger partial charge in [0.1, 0.15) is 0 Å². The summed E-state index contributed by atoms with van der Waals surface area (Å²) in [5.74, 6) is 0.735. The van der Waals surface area contributed by atoms with Gasteiger partial charge in [0.05, 0.1) is 16.8 Å². The molecule has 0 amide bonds. The minimum absolute atomic E-state index is 0.00936. The quantitative estimate of drug-likeness (QED) is 0.204. The van der Waals surface area contributed by atoms with Crippen molar-refractivity contribution < 1.29 is 0 Å². The van der Waals surface area contributed by atoms with Crippen molar-refractivity contribution in [3.8, 4) is 45.0 Å². The number of hydrogen-bond donors (Lipinski definition) is 1. The highest BCUT2D eigenvalue weighted by Crippen LogP contribution is 2.53. The molecule has 1 aromatic heterocycles. The summed E-state index contributed by atoms with van der Waals surface area (Å²) >= 11 is 2.03. The molecule has 2 aliphatic carbocycles. The Kier molecular flexibility index (Phi) is 6.74. The van der Waals surface area contributed by atoms with Crippen LogP contribution in [0.2, 0.25) is 0 Å². The van der Waals surface area contributed by atoms with Crippen LogP contribution in [0.4, 0.5) is 0 Å². The van der Waals surface area contributed by atoms with Crippen molar-refractivity contribution in [1.82, 2.24) is 15.3 Å². The molecule has 0 bridgehead atoms. The average molecular weight is 662 g/mol. The van der Waals surface area contributed by atoms with Gasteiger partial charge in [-0.2, -0.15) is 0 Å². The van der Waals surface area contributed by atoms with Crippen LogP contribution in [0.15, 0.2) is 146 Å². The van der Waals surface area contributed by atoms with E-state index in [0.717, 1.165) is 33.9 Å². The van der Waals surface area contributed by atoms with Gasteiger partial charge in [-0.1, -0.05) is 153 Å². The van der Waals surface area contributed by atoms with E-state index in [2.05, 4.69) is 159 Å². The summed E-state index contributed by atoms with van der Waals surface area (Å²) in [6, 6.07) is 50.4. The van der Waals surface area contributed by atoms with Crippen LogP contribution < -0.4 is 5.32 Å². The Morgan fingerprint density at radius 2 is 1.32 bits per heavy atom. The number of fused-ring (bicyclic) bond motifs is 8. The maximum Gasteiger partial charge on any atom is 0.160 e. The van der Waals surface area contributed by atoms with Crippen LogP contribution in [0.1, 0.15) is 53.1 Å². The molecule has 240 valence electrons. The summed E-state index contributed by atoms with van der Waals surface area (Å²) in [7, 11) is 0. The Morgan fingerprint density at radius 3 is 2.08 bits per heavy atom. The molecule has 1 aliphatic heterocycles. The SMILES string of the molecule is CC1(C)c2ccccc2-c2ccc(C3NC4c5c(ccc6cc(-c7nc(-c8ccccc8)cc(-c8ccccc8)n7)ccc56)C=CC4S3)cc21. The van der Waals surface area contributed by atoms with Crippen LogP contribution in [0.25, 0.3) is 61.9 Å². The molecule has 4 heteroatoms. The topological polar surface area (TPSA) is 37.8 Å². The minimum atomic E-state index is -0.00936. The van der Waals surface area contributed by atoms with E-state index < -0.39 is 0 Å². The van der Waals surface area contributed by atoms with E-state index in [4.69, 9.17) is 9.97 Å². The number of nitrogens with one attached hydrogen (secondary N) is 1. The van der Waals surface area contributed by atoms with Crippen molar-refractivity contribution in [1.29, 1.82) is 0 Å². The highest BCUT2D eigenvalue weighted by Gasteiger charge is 2.40. The van der Waals surface area contributed by atoms with E-state index >= 15 is 0 Å². The molecule has 7 aromatic rings. The van der Waals surface area contributed by atoms with Gasteiger partial charge in [0.2, 0.25) is 0 Å². The zero-order valence-corrected chi connectivity index (χ0v) is 28.8. The fourth-order valence-electron chi connectivity index (χ4n) is 8.29. The largest absolute Gasteiger partial charge is 0.293 e. The second-order valence-corrected chi connectivity index (χ2v) is 15.4. The Labute approximate surface area is 297 Å². The van der Waals surface area contributed by atoms with Crippen LogP contribution in [0.5, 0.6) is 0 Å². The fourth-order valence-corrected chi connectivity index (χ4v) is 9.67. The monoisotopic (exact) mass is 661 g/mol. The maximum absolute atomic E-state index is 5.10. The molecule has 3 unspecified atom stereocenters. The Hall–Kier alpha value is -5.29. The Balaban J connectivity index is 1.01. The van der Waals surface area contributed by atoms with E-state index in [0.29, 0.717) is 5.25 Å². The minimum Gasteiger partial charge on any atom is -0.293 e. The summed E-state index contributed by atoms with van der Waals surface area (Å²) in [4.78, 5) is 10.2. The van der Waals surface area contributed by atoms with Crippen molar-refractivity contribution >= 4 is 28.6 Å². The number of benzene rings is 6. The molecule has 0 saturated carbocycles. The molecular weight excluding hydrogens is 627 g/mol.